The zero-order valence-corrected chi connectivity index (χ0v) is 11.0. The average molecular weight is 284 g/mol. The number of halogens is 1. The second kappa shape index (κ2) is 4.91. The van der Waals surface area contributed by atoms with Crippen LogP contribution in [-0.2, 0) is 10.0 Å². The molecule has 18 heavy (non-hydrogen) atoms. The highest BCUT2D eigenvalue weighted by Gasteiger charge is 2.18. The lowest BCUT2D eigenvalue weighted by Gasteiger charge is -2.08. The van der Waals surface area contributed by atoms with Gasteiger partial charge in [0.25, 0.3) is 10.0 Å². The average Bonchev–Trinajstić information content (AvgIpc) is 2.32. The molecular formula is C11H10ClN3O2S. The quantitative estimate of drug-likeness (QED) is 0.938. The molecule has 2 aromatic rings. The molecule has 0 fully saturated rings. The van der Waals surface area contributed by atoms with Crippen LogP contribution in [0.25, 0.3) is 0 Å². The van der Waals surface area contributed by atoms with Gasteiger partial charge in [-0.05, 0) is 24.6 Å². The van der Waals surface area contributed by atoms with E-state index in [1.165, 1.54) is 18.5 Å². The first-order chi connectivity index (χ1) is 8.49. The molecule has 0 aliphatic rings. The minimum Gasteiger partial charge on any atom is -0.263 e. The highest BCUT2D eigenvalue weighted by atomic mass is 35.5. The molecule has 0 bridgehead atoms. The molecule has 2 heterocycles. The summed E-state index contributed by atoms with van der Waals surface area (Å²) in [6, 6.07) is 4.76. The number of nitrogens with one attached hydrogen (secondary N) is 1. The fourth-order valence-corrected chi connectivity index (χ4v) is 2.72. The summed E-state index contributed by atoms with van der Waals surface area (Å²) in [7, 11) is -3.76. The van der Waals surface area contributed by atoms with Crippen LogP contribution in [0.15, 0.2) is 41.7 Å². The van der Waals surface area contributed by atoms with Gasteiger partial charge in [-0.3, -0.25) is 9.71 Å². The summed E-state index contributed by atoms with van der Waals surface area (Å²) in [5.74, 6) is 0.237. The maximum Gasteiger partial charge on any atom is 0.266 e. The van der Waals surface area contributed by atoms with Crippen LogP contribution < -0.4 is 4.72 Å². The van der Waals surface area contributed by atoms with Crippen LogP contribution in [0.1, 0.15) is 5.56 Å². The third-order valence-electron chi connectivity index (χ3n) is 2.17. The Labute approximate surface area is 110 Å². The van der Waals surface area contributed by atoms with E-state index in [4.69, 9.17) is 11.6 Å². The van der Waals surface area contributed by atoms with E-state index >= 15 is 0 Å². The number of aromatic nitrogens is 2. The molecule has 2 rings (SSSR count). The van der Waals surface area contributed by atoms with Gasteiger partial charge in [0.15, 0.2) is 0 Å². The van der Waals surface area contributed by atoms with E-state index in [1.807, 2.05) is 6.92 Å². The zero-order valence-electron chi connectivity index (χ0n) is 9.46. The molecular weight excluding hydrogens is 274 g/mol. The lowest BCUT2D eigenvalue weighted by Crippen LogP contribution is -2.14. The molecule has 5 nitrogen and oxygen atoms in total. The SMILES string of the molecule is Cc1ccc(NS(=O)(=O)c2cnccc2Cl)nc1. The summed E-state index contributed by atoms with van der Waals surface area (Å²) in [4.78, 5) is 7.63. The fraction of sp³-hybridized carbons (Fsp3) is 0.0909. The first-order valence-corrected chi connectivity index (χ1v) is 6.90. The Bertz CT molecular complexity index is 656. The largest absolute Gasteiger partial charge is 0.266 e. The molecule has 0 amide bonds. The van der Waals surface area contributed by atoms with Crippen LogP contribution >= 0.6 is 11.6 Å². The topological polar surface area (TPSA) is 72.0 Å². The van der Waals surface area contributed by atoms with Gasteiger partial charge in [-0.1, -0.05) is 17.7 Å². The highest BCUT2D eigenvalue weighted by molar-refractivity contribution is 7.92. The van der Waals surface area contributed by atoms with Gasteiger partial charge in [0.2, 0.25) is 0 Å². The number of nitrogens with zero attached hydrogens (tertiary/aromatic N) is 2. The number of hydrogen-bond acceptors (Lipinski definition) is 4. The molecule has 94 valence electrons. The summed E-state index contributed by atoms with van der Waals surface area (Å²) in [5.41, 5.74) is 0.942. The van der Waals surface area contributed by atoms with Crippen molar-refractivity contribution in [2.24, 2.45) is 0 Å². The van der Waals surface area contributed by atoms with E-state index in [0.29, 0.717) is 0 Å². The van der Waals surface area contributed by atoms with Gasteiger partial charge < -0.3 is 0 Å². The van der Waals surface area contributed by atoms with Crippen molar-refractivity contribution in [2.75, 3.05) is 4.72 Å². The fourth-order valence-electron chi connectivity index (χ4n) is 1.28. The summed E-state index contributed by atoms with van der Waals surface area (Å²) in [6.07, 6.45) is 4.19. The molecule has 0 aliphatic heterocycles. The molecule has 0 spiro atoms. The van der Waals surface area contributed by atoms with E-state index < -0.39 is 10.0 Å². The normalized spacial score (nSPS) is 11.2. The van der Waals surface area contributed by atoms with E-state index in [-0.39, 0.29) is 15.7 Å². The Kier molecular flexibility index (Phi) is 3.49. The van der Waals surface area contributed by atoms with E-state index in [0.717, 1.165) is 5.56 Å². The Morgan fingerprint density at radius 3 is 2.61 bits per heavy atom. The Hall–Kier alpha value is -1.66. The smallest absolute Gasteiger partial charge is 0.263 e. The number of hydrogen-bond donors (Lipinski definition) is 1. The monoisotopic (exact) mass is 283 g/mol. The van der Waals surface area contributed by atoms with Crippen molar-refractivity contribution in [3.63, 3.8) is 0 Å². The third kappa shape index (κ3) is 2.77. The molecule has 0 saturated carbocycles. The van der Waals surface area contributed by atoms with Crippen molar-refractivity contribution in [1.82, 2.24) is 9.97 Å². The number of anilines is 1. The number of rotatable bonds is 3. The molecule has 0 aliphatic carbocycles. The van der Waals surface area contributed by atoms with E-state index in [1.54, 1.807) is 18.3 Å². The van der Waals surface area contributed by atoms with Crippen molar-refractivity contribution in [2.45, 2.75) is 11.8 Å². The van der Waals surface area contributed by atoms with Gasteiger partial charge >= 0.3 is 0 Å². The molecule has 0 atom stereocenters. The Balaban J connectivity index is 2.33. The predicted molar refractivity (Wildman–Crippen MR) is 69.0 cm³/mol. The van der Waals surface area contributed by atoms with Crippen LogP contribution in [0, 0.1) is 6.92 Å². The summed E-state index contributed by atoms with van der Waals surface area (Å²) >= 11 is 5.82. The van der Waals surface area contributed by atoms with Crippen LogP contribution in [0.3, 0.4) is 0 Å². The second-order valence-electron chi connectivity index (χ2n) is 3.63. The number of aryl methyl sites for hydroxylation is 1. The van der Waals surface area contributed by atoms with Gasteiger partial charge in [0, 0.05) is 18.6 Å². The van der Waals surface area contributed by atoms with Gasteiger partial charge in [0.1, 0.15) is 10.7 Å². The second-order valence-corrected chi connectivity index (χ2v) is 5.69. The van der Waals surface area contributed by atoms with Gasteiger partial charge in [-0.25, -0.2) is 13.4 Å². The van der Waals surface area contributed by atoms with Crippen LogP contribution in [0.5, 0.6) is 0 Å². The molecule has 0 aromatic carbocycles. The van der Waals surface area contributed by atoms with Crippen LogP contribution in [-0.4, -0.2) is 18.4 Å². The van der Waals surface area contributed by atoms with Crippen molar-refractivity contribution in [3.8, 4) is 0 Å². The van der Waals surface area contributed by atoms with Gasteiger partial charge in [0.05, 0.1) is 5.02 Å². The van der Waals surface area contributed by atoms with Crippen molar-refractivity contribution >= 4 is 27.4 Å². The predicted octanol–water partition coefficient (Wildman–Crippen LogP) is 2.24. The lowest BCUT2D eigenvalue weighted by molar-refractivity contribution is 0.600. The Morgan fingerprint density at radius 2 is 2.00 bits per heavy atom. The highest BCUT2D eigenvalue weighted by Crippen LogP contribution is 2.21. The summed E-state index contributed by atoms with van der Waals surface area (Å²) in [5, 5.41) is 0.115. The lowest BCUT2D eigenvalue weighted by atomic mass is 10.3. The summed E-state index contributed by atoms with van der Waals surface area (Å²) < 4.78 is 26.4. The molecule has 7 heteroatoms. The third-order valence-corrected chi connectivity index (χ3v) is 4.00. The summed E-state index contributed by atoms with van der Waals surface area (Å²) in [6.45, 7) is 1.86. The van der Waals surface area contributed by atoms with Crippen molar-refractivity contribution in [3.05, 3.63) is 47.4 Å². The number of pyridine rings is 2. The Morgan fingerprint density at radius 1 is 1.22 bits per heavy atom. The van der Waals surface area contributed by atoms with Crippen molar-refractivity contribution in [1.29, 1.82) is 0 Å². The van der Waals surface area contributed by atoms with E-state index in [2.05, 4.69) is 14.7 Å². The standard InChI is InChI=1S/C11H10ClN3O2S/c1-8-2-3-11(14-6-8)15-18(16,17)10-7-13-5-4-9(10)12/h2-7H,1H3,(H,14,15). The van der Waals surface area contributed by atoms with E-state index in [9.17, 15) is 8.42 Å². The van der Waals surface area contributed by atoms with Crippen LogP contribution in [0.4, 0.5) is 5.82 Å². The maximum absolute atomic E-state index is 12.0. The molecule has 2 aromatic heterocycles. The van der Waals surface area contributed by atoms with Crippen molar-refractivity contribution < 1.29 is 8.42 Å². The van der Waals surface area contributed by atoms with Gasteiger partial charge in [-0.2, -0.15) is 0 Å². The molecule has 0 radical (unpaired) electrons. The zero-order chi connectivity index (χ0) is 13.2. The van der Waals surface area contributed by atoms with Gasteiger partial charge in [-0.15, -0.1) is 0 Å². The molecule has 1 N–H and O–H groups in total. The first kappa shape index (κ1) is 12.8. The molecule has 0 saturated heterocycles. The minimum atomic E-state index is -3.76. The number of sulfonamides is 1. The maximum atomic E-state index is 12.0. The minimum absolute atomic E-state index is 0.0750. The van der Waals surface area contributed by atoms with Crippen LogP contribution in [0.2, 0.25) is 5.02 Å². The molecule has 0 unspecified atom stereocenters. The first-order valence-electron chi connectivity index (χ1n) is 5.04.